The average molecular weight is 266 g/mol. The highest BCUT2D eigenvalue weighted by Crippen LogP contribution is 2.24. The maximum atomic E-state index is 9.42. The summed E-state index contributed by atoms with van der Waals surface area (Å²) in [5.74, 6) is 0.802. The van der Waals surface area contributed by atoms with E-state index in [9.17, 15) is 5.26 Å². The Morgan fingerprint density at radius 2 is 1.80 bits per heavy atom. The number of benzene rings is 2. The second-order valence-corrected chi connectivity index (χ2v) is 4.79. The van der Waals surface area contributed by atoms with Gasteiger partial charge >= 0.3 is 0 Å². The maximum Gasteiger partial charge on any atom is 0.140 e. The maximum absolute atomic E-state index is 9.42. The number of hydrogen-bond acceptors (Lipinski definition) is 3. The predicted molar refractivity (Wildman–Crippen MR) is 80.9 cm³/mol. The van der Waals surface area contributed by atoms with Crippen molar-refractivity contribution in [2.45, 2.75) is 19.9 Å². The van der Waals surface area contributed by atoms with Gasteiger partial charge in [0.25, 0.3) is 0 Å². The molecule has 0 radical (unpaired) electrons. The van der Waals surface area contributed by atoms with Crippen molar-refractivity contribution >= 4 is 5.69 Å². The van der Waals surface area contributed by atoms with E-state index in [1.807, 2.05) is 44.2 Å². The summed E-state index contributed by atoms with van der Waals surface area (Å²) < 4.78 is 5.13. The normalized spacial score (nSPS) is 11.5. The van der Waals surface area contributed by atoms with E-state index >= 15 is 0 Å². The fraction of sp³-hybridized carbons (Fsp3) is 0.235. The number of hydrogen-bond donors (Lipinski definition) is 1. The lowest BCUT2D eigenvalue weighted by Gasteiger charge is -2.16. The summed E-state index contributed by atoms with van der Waals surface area (Å²) in [4.78, 5) is 0. The molecule has 0 aliphatic rings. The first-order chi connectivity index (χ1) is 9.63. The van der Waals surface area contributed by atoms with Crippen LogP contribution in [-0.4, -0.2) is 7.11 Å². The van der Waals surface area contributed by atoms with Gasteiger partial charge in [0.15, 0.2) is 0 Å². The second kappa shape index (κ2) is 6.12. The van der Waals surface area contributed by atoms with Crippen molar-refractivity contribution < 1.29 is 4.74 Å². The lowest BCUT2D eigenvalue weighted by molar-refractivity contribution is 0.415. The van der Waals surface area contributed by atoms with Crippen LogP contribution in [-0.2, 0) is 0 Å². The van der Waals surface area contributed by atoms with E-state index in [1.165, 1.54) is 0 Å². The first-order valence-electron chi connectivity index (χ1n) is 6.51. The van der Waals surface area contributed by atoms with Gasteiger partial charge in [-0.2, -0.15) is 5.26 Å². The molecule has 0 amide bonds. The van der Waals surface area contributed by atoms with Gasteiger partial charge in [0, 0.05) is 5.69 Å². The van der Waals surface area contributed by atoms with E-state index in [4.69, 9.17) is 4.74 Å². The number of nitrogens with one attached hydrogen (secondary N) is 1. The quantitative estimate of drug-likeness (QED) is 0.910. The Hall–Kier alpha value is -2.47. The van der Waals surface area contributed by atoms with Crippen LogP contribution in [0.3, 0.4) is 0 Å². The van der Waals surface area contributed by atoms with Gasteiger partial charge < -0.3 is 10.1 Å². The minimum Gasteiger partial charge on any atom is -0.497 e. The molecular weight excluding hydrogens is 248 g/mol. The Labute approximate surface area is 119 Å². The number of rotatable bonds is 4. The Morgan fingerprint density at radius 3 is 2.40 bits per heavy atom. The van der Waals surface area contributed by atoms with Crippen LogP contribution in [0, 0.1) is 25.2 Å². The highest BCUT2D eigenvalue weighted by Gasteiger charge is 2.13. The summed E-state index contributed by atoms with van der Waals surface area (Å²) in [6.45, 7) is 4.06. The molecule has 0 fully saturated rings. The standard InChI is InChI=1S/C17H18N2O/c1-12-4-5-13(2)16(10-12)17(11-18)19-14-6-8-15(20-3)9-7-14/h4-10,17,19H,1-3H3. The Bertz CT molecular complexity index is 626. The molecule has 0 spiro atoms. The minimum absolute atomic E-state index is 0.358. The average Bonchev–Trinajstić information content (AvgIpc) is 2.48. The van der Waals surface area contributed by atoms with Crippen molar-refractivity contribution in [1.29, 1.82) is 5.26 Å². The van der Waals surface area contributed by atoms with Crippen molar-refractivity contribution in [3.8, 4) is 11.8 Å². The van der Waals surface area contributed by atoms with E-state index in [0.29, 0.717) is 0 Å². The molecule has 2 rings (SSSR count). The van der Waals surface area contributed by atoms with Crippen molar-refractivity contribution in [2.75, 3.05) is 12.4 Å². The molecule has 3 heteroatoms. The minimum atomic E-state index is -0.358. The third-order valence-electron chi connectivity index (χ3n) is 3.28. The molecule has 0 aliphatic carbocycles. The fourth-order valence-corrected chi connectivity index (χ4v) is 2.10. The summed E-state index contributed by atoms with van der Waals surface area (Å²) in [7, 11) is 1.64. The van der Waals surface area contributed by atoms with E-state index in [2.05, 4.69) is 23.5 Å². The molecule has 0 saturated carbocycles. The van der Waals surface area contributed by atoms with Gasteiger partial charge in [0.1, 0.15) is 11.8 Å². The predicted octanol–water partition coefficient (Wildman–Crippen LogP) is 3.99. The summed E-state index contributed by atoms with van der Waals surface area (Å²) in [6.07, 6.45) is 0. The third kappa shape index (κ3) is 3.10. The number of anilines is 1. The molecule has 20 heavy (non-hydrogen) atoms. The van der Waals surface area contributed by atoms with E-state index in [-0.39, 0.29) is 6.04 Å². The number of aryl methyl sites for hydroxylation is 2. The molecule has 102 valence electrons. The molecular formula is C17H18N2O. The topological polar surface area (TPSA) is 45.0 Å². The molecule has 0 bridgehead atoms. The molecule has 0 heterocycles. The van der Waals surface area contributed by atoms with Crippen molar-refractivity contribution in [2.24, 2.45) is 0 Å². The van der Waals surface area contributed by atoms with Gasteiger partial charge in [0.05, 0.1) is 13.2 Å². The first-order valence-corrected chi connectivity index (χ1v) is 6.51. The van der Waals surface area contributed by atoms with Crippen molar-refractivity contribution in [3.05, 3.63) is 59.2 Å². The van der Waals surface area contributed by atoms with E-state index in [0.717, 1.165) is 28.1 Å². The molecule has 0 aromatic heterocycles. The monoisotopic (exact) mass is 266 g/mol. The third-order valence-corrected chi connectivity index (χ3v) is 3.28. The van der Waals surface area contributed by atoms with Crippen LogP contribution in [0.1, 0.15) is 22.7 Å². The summed E-state index contributed by atoms with van der Waals surface area (Å²) in [5.41, 5.74) is 4.19. The number of nitriles is 1. The van der Waals surface area contributed by atoms with Gasteiger partial charge in [0.2, 0.25) is 0 Å². The van der Waals surface area contributed by atoms with Gasteiger partial charge in [-0.25, -0.2) is 0 Å². The molecule has 2 aromatic carbocycles. The summed E-state index contributed by atoms with van der Waals surface area (Å²) in [5, 5.41) is 12.7. The largest absolute Gasteiger partial charge is 0.497 e. The highest BCUT2D eigenvalue weighted by atomic mass is 16.5. The van der Waals surface area contributed by atoms with Gasteiger partial charge in [-0.1, -0.05) is 23.8 Å². The summed E-state index contributed by atoms with van der Waals surface area (Å²) >= 11 is 0. The number of ether oxygens (including phenoxy) is 1. The SMILES string of the molecule is COc1ccc(NC(C#N)c2cc(C)ccc2C)cc1. The second-order valence-electron chi connectivity index (χ2n) is 4.79. The molecule has 1 unspecified atom stereocenters. The molecule has 1 atom stereocenters. The molecule has 0 aliphatic heterocycles. The fourth-order valence-electron chi connectivity index (χ4n) is 2.10. The van der Waals surface area contributed by atoms with E-state index < -0.39 is 0 Å². The van der Waals surface area contributed by atoms with Gasteiger partial charge in [-0.05, 0) is 49.2 Å². The number of methoxy groups -OCH3 is 1. The zero-order valence-corrected chi connectivity index (χ0v) is 12.0. The van der Waals surface area contributed by atoms with Crippen molar-refractivity contribution in [3.63, 3.8) is 0 Å². The molecule has 0 saturated heterocycles. The lowest BCUT2D eigenvalue weighted by atomic mass is 9.99. The summed E-state index contributed by atoms with van der Waals surface area (Å²) in [6, 6.07) is 15.7. The van der Waals surface area contributed by atoms with Crippen LogP contribution in [0.15, 0.2) is 42.5 Å². The molecule has 1 N–H and O–H groups in total. The van der Waals surface area contributed by atoms with Gasteiger partial charge in [-0.3, -0.25) is 0 Å². The number of nitrogens with zero attached hydrogens (tertiary/aromatic N) is 1. The van der Waals surface area contributed by atoms with Crippen LogP contribution in [0.25, 0.3) is 0 Å². The highest BCUT2D eigenvalue weighted by molar-refractivity contribution is 5.51. The van der Waals surface area contributed by atoms with Crippen LogP contribution in [0.5, 0.6) is 5.75 Å². The smallest absolute Gasteiger partial charge is 0.140 e. The van der Waals surface area contributed by atoms with Crippen LogP contribution in [0.4, 0.5) is 5.69 Å². The lowest BCUT2D eigenvalue weighted by Crippen LogP contribution is -2.10. The van der Waals surface area contributed by atoms with Crippen LogP contribution < -0.4 is 10.1 Å². The van der Waals surface area contributed by atoms with Gasteiger partial charge in [-0.15, -0.1) is 0 Å². The van der Waals surface area contributed by atoms with Crippen LogP contribution in [0.2, 0.25) is 0 Å². The molecule has 2 aromatic rings. The van der Waals surface area contributed by atoms with Crippen LogP contribution >= 0.6 is 0 Å². The molecule has 3 nitrogen and oxygen atoms in total. The van der Waals surface area contributed by atoms with E-state index in [1.54, 1.807) is 7.11 Å². The zero-order valence-electron chi connectivity index (χ0n) is 12.0. The first kappa shape index (κ1) is 14.0. The Balaban J connectivity index is 2.24. The Kier molecular flexibility index (Phi) is 4.27. The zero-order chi connectivity index (χ0) is 14.5. The van der Waals surface area contributed by atoms with Crippen molar-refractivity contribution in [1.82, 2.24) is 0 Å². The Morgan fingerprint density at radius 1 is 1.10 bits per heavy atom.